The van der Waals surface area contributed by atoms with E-state index >= 15 is 0 Å². The van der Waals surface area contributed by atoms with E-state index in [1.807, 2.05) is 18.2 Å². The van der Waals surface area contributed by atoms with Crippen LogP contribution in [0.15, 0.2) is 53.9 Å². The number of thiophene rings is 1. The van der Waals surface area contributed by atoms with Crippen LogP contribution in [0.4, 0.5) is 0 Å². The van der Waals surface area contributed by atoms with Gasteiger partial charge in [-0.3, -0.25) is 0 Å². The lowest BCUT2D eigenvalue weighted by Crippen LogP contribution is -1.90. The van der Waals surface area contributed by atoms with Crippen LogP contribution in [0.25, 0.3) is 10.8 Å². The molecule has 1 heterocycles. The van der Waals surface area contributed by atoms with Gasteiger partial charge in [0.2, 0.25) is 0 Å². The van der Waals surface area contributed by atoms with Gasteiger partial charge in [-0.05, 0) is 46.0 Å². The second kappa shape index (κ2) is 5.24. The van der Waals surface area contributed by atoms with E-state index in [-0.39, 0.29) is 5.38 Å². The molecule has 1 aromatic heterocycles. The normalized spacial score (nSPS) is 12.5. The number of halogens is 1. The third-order valence-electron chi connectivity index (χ3n) is 3.16. The number of fused-ring (bicyclic) bond motifs is 1. The first-order valence-electron chi connectivity index (χ1n) is 6.03. The summed E-state index contributed by atoms with van der Waals surface area (Å²) < 4.78 is 5.23. The molecule has 0 N–H and O–H groups in total. The van der Waals surface area contributed by atoms with Gasteiger partial charge >= 0.3 is 0 Å². The van der Waals surface area contributed by atoms with Crippen LogP contribution >= 0.6 is 22.9 Å². The largest absolute Gasteiger partial charge is 0.497 e. The molecule has 3 aromatic rings. The average Bonchev–Trinajstić information content (AvgIpc) is 2.99. The minimum absolute atomic E-state index is 0.0773. The lowest BCUT2D eigenvalue weighted by Gasteiger charge is -2.09. The third-order valence-corrected chi connectivity index (χ3v) is 4.71. The Morgan fingerprint density at radius 3 is 2.58 bits per heavy atom. The summed E-state index contributed by atoms with van der Waals surface area (Å²) in [4.78, 5) is 1.18. The highest BCUT2D eigenvalue weighted by Gasteiger charge is 2.12. The van der Waals surface area contributed by atoms with Crippen molar-refractivity contribution >= 4 is 33.7 Å². The molecule has 19 heavy (non-hydrogen) atoms. The Balaban J connectivity index is 2.02. The molecule has 1 unspecified atom stereocenters. The summed E-state index contributed by atoms with van der Waals surface area (Å²) in [6.45, 7) is 0. The molecule has 0 radical (unpaired) electrons. The van der Waals surface area contributed by atoms with Crippen molar-refractivity contribution in [2.45, 2.75) is 5.38 Å². The summed E-state index contributed by atoms with van der Waals surface area (Å²) >= 11 is 8.20. The molecule has 3 heteroatoms. The Hall–Kier alpha value is -1.51. The van der Waals surface area contributed by atoms with Gasteiger partial charge < -0.3 is 4.74 Å². The van der Waals surface area contributed by atoms with Crippen LogP contribution in [0.5, 0.6) is 5.75 Å². The van der Waals surface area contributed by atoms with Crippen molar-refractivity contribution in [1.29, 1.82) is 0 Å². The van der Waals surface area contributed by atoms with Gasteiger partial charge in [0.1, 0.15) is 5.75 Å². The second-order valence-electron chi connectivity index (χ2n) is 4.35. The fourth-order valence-electron chi connectivity index (χ4n) is 2.13. The maximum atomic E-state index is 6.52. The van der Waals surface area contributed by atoms with Crippen LogP contribution in [0.1, 0.15) is 15.8 Å². The third kappa shape index (κ3) is 2.46. The van der Waals surface area contributed by atoms with Crippen molar-refractivity contribution in [3.05, 3.63) is 64.4 Å². The summed E-state index contributed by atoms with van der Waals surface area (Å²) in [6.07, 6.45) is 0. The molecule has 1 atom stereocenters. The van der Waals surface area contributed by atoms with Gasteiger partial charge in [-0.25, -0.2) is 0 Å². The lowest BCUT2D eigenvalue weighted by molar-refractivity contribution is 0.415. The van der Waals surface area contributed by atoms with Crippen LogP contribution < -0.4 is 4.74 Å². The summed E-state index contributed by atoms with van der Waals surface area (Å²) in [5, 5.41) is 4.32. The van der Waals surface area contributed by atoms with E-state index in [2.05, 4.69) is 35.7 Å². The Labute approximate surface area is 121 Å². The molecule has 0 aliphatic rings. The Kier molecular flexibility index (Phi) is 3.45. The lowest BCUT2D eigenvalue weighted by atomic mass is 10.0. The topological polar surface area (TPSA) is 9.23 Å². The SMILES string of the molecule is COc1ccc2cc(C(Cl)c3cccs3)ccc2c1. The molecule has 2 aromatic carbocycles. The second-order valence-corrected chi connectivity index (χ2v) is 5.77. The van der Waals surface area contributed by atoms with Gasteiger partial charge in [0.05, 0.1) is 12.5 Å². The molecule has 1 nitrogen and oxygen atoms in total. The molecule has 0 saturated heterocycles. The Morgan fingerprint density at radius 1 is 1.05 bits per heavy atom. The zero-order chi connectivity index (χ0) is 13.2. The summed E-state index contributed by atoms with van der Waals surface area (Å²) in [7, 11) is 1.68. The fourth-order valence-corrected chi connectivity index (χ4v) is 3.22. The highest BCUT2D eigenvalue weighted by Crippen LogP contribution is 2.33. The maximum absolute atomic E-state index is 6.52. The van der Waals surface area contributed by atoms with E-state index in [0.717, 1.165) is 16.7 Å². The smallest absolute Gasteiger partial charge is 0.119 e. The Bertz CT molecular complexity index is 691. The number of ether oxygens (including phenoxy) is 1. The van der Waals surface area contributed by atoms with Gasteiger partial charge in [-0.2, -0.15) is 0 Å². The van der Waals surface area contributed by atoms with Gasteiger partial charge in [-0.1, -0.05) is 24.3 Å². The molecule has 0 aliphatic heterocycles. The standard InChI is InChI=1S/C16H13ClOS/c1-18-14-7-6-11-9-13(5-4-12(11)10-14)16(17)15-3-2-8-19-15/h2-10,16H,1H3. The van der Waals surface area contributed by atoms with Gasteiger partial charge in [0.15, 0.2) is 0 Å². The predicted octanol–water partition coefficient (Wildman–Crippen LogP) is 5.24. The summed E-state index contributed by atoms with van der Waals surface area (Å²) in [5.41, 5.74) is 1.13. The first-order chi connectivity index (χ1) is 9.28. The molecular formula is C16H13ClOS. The van der Waals surface area contributed by atoms with Crippen molar-refractivity contribution in [3.63, 3.8) is 0 Å². The number of hydrogen-bond acceptors (Lipinski definition) is 2. The molecular weight excluding hydrogens is 276 g/mol. The van der Waals surface area contributed by atoms with Crippen molar-refractivity contribution in [2.75, 3.05) is 7.11 Å². The maximum Gasteiger partial charge on any atom is 0.119 e. The van der Waals surface area contributed by atoms with E-state index in [9.17, 15) is 0 Å². The first kappa shape index (κ1) is 12.5. The minimum Gasteiger partial charge on any atom is -0.497 e. The van der Waals surface area contributed by atoms with Crippen LogP contribution in [-0.4, -0.2) is 7.11 Å². The van der Waals surface area contributed by atoms with E-state index in [1.54, 1.807) is 18.4 Å². The summed E-state index contributed by atoms with van der Waals surface area (Å²) in [5.74, 6) is 0.876. The van der Waals surface area contributed by atoms with Crippen LogP contribution in [0.2, 0.25) is 0 Å². The van der Waals surface area contributed by atoms with Gasteiger partial charge in [0, 0.05) is 4.88 Å². The molecule has 0 saturated carbocycles. The molecule has 0 spiro atoms. The van der Waals surface area contributed by atoms with Crippen LogP contribution in [0.3, 0.4) is 0 Å². The predicted molar refractivity (Wildman–Crippen MR) is 82.5 cm³/mol. The quantitative estimate of drug-likeness (QED) is 0.599. The molecule has 0 fully saturated rings. The van der Waals surface area contributed by atoms with E-state index in [1.165, 1.54) is 10.3 Å². The number of benzene rings is 2. The monoisotopic (exact) mass is 288 g/mol. The minimum atomic E-state index is -0.0773. The number of rotatable bonds is 3. The Morgan fingerprint density at radius 2 is 1.84 bits per heavy atom. The van der Waals surface area contributed by atoms with Gasteiger partial charge in [-0.15, -0.1) is 22.9 Å². The average molecular weight is 289 g/mol. The van der Waals surface area contributed by atoms with E-state index in [4.69, 9.17) is 16.3 Å². The molecule has 0 aliphatic carbocycles. The van der Waals surface area contributed by atoms with Crippen molar-refractivity contribution in [3.8, 4) is 5.75 Å². The summed E-state index contributed by atoms with van der Waals surface area (Å²) in [6, 6.07) is 16.5. The van der Waals surface area contributed by atoms with Gasteiger partial charge in [0.25, 0.3) is 0 Å². The number of methoxy groups -OCH3 is 1. The highest BCUT2D eigenvalue weighted by atomic mass is 35.5. The van der Waals surface area contributed by atoms with Crippen molar-refractivity contribution in [1.82, 2.24) is 0 Å². The number of alkyl halides is 1. The number of hydrogen-bond donors (Lipinski definition) is 0. The van der Waals surface area contributed by atoms with E-state index in [0.29, 0.717) is 0 Å². The van der Waals surface area contributed by atoms with Crippen LogP contribution in [0, 0.1) is 0 Å². The first-order valence-corrected chi connectivity index (χ1v) is 7.35. The molecule has 3 rings (SSSR count). The van der Waals surface area contributed by atoms with Crippen molar-refractivity contribution < 1.29 is 4.74 Å². The van der Waals surface area contributed by atoms with E-state index < -0.39 is 0 Å². The molecule has 96 valence electrons. The van der Waals surface area contributed by atoms with Crippen molar-refractivity contribution in [2.24, 2.45) is 0 Å². The molecule has 0 bridgehead atoms. The zero-order valence-corrected chi connectivity index (χ0v) is 12.0. The highest BCUT2D eigenvalue weighted by molar-refractivity contribution is 7.10. The molecule has 0 amide bonds. The van der Waals surface area contributed by atoms with Crippen LogP contribution in [-0.2, 0) is 0 Å². The fraction of sp³-hybridized carbons (Fsp3) is 0.125. The zero-order valence-electron chi connectivity index (χ0n) is 10.5.